The van der Waals surface area contributed by atoms with Crippen molar-refractivity contribution in [2.45, 2.75) is 46.3 Å². The van der Waals surface area contributed by atoms with Gasteiger partial charge < -0.3 is 15.0 Å². The van der Waals surface area contributed by atoms with Crippen molar-refractivity contribution in [1.82, 2.24) is 10.2 Å². The van der Waals surface area contributed by atoms with Gasteiger partial charge in [0.25, 0.3) is 5.91 Å². The van der Waals surface area contributed by atoms with Gasteiger partial charge in [0.15, 0.2) is 6.10 Å². The summed E-state index contributed by atoms with van der Waals surface area (Å²) in [7, 11) is 4.03. The summed E-state index contributed by atoms with van der Waals surface area (Å²) >= 11 is 3.48. The van der Waals surface area contributed by atoms with Crippen molar-refractivity contribution >= 4 is 21.8 Å². The summed E-state index contributed by atoms with van der Waals surface area (Å²) in [5.41, 5.74) is 1.14. The summed E-state index contributed by atoms with van der Waals surface area (Å²) in [6.07, 6.45) is 0.413. The molecular formula is C18H29BrN2O2. The van der Waals surface area contributed by atoms with E-state index in [2.05, 4.69) is 40.0 Å². The largest absolute Gasteiger partial charge is 0.480 e. The molecule has 0 fully saturated rings. The third-order valence-corrected chi connectivity index (χ3v) is 4.07. The molecule has 1 rings (SSSR count). The fourth-order valence-electron chi connectivity index (χ4n) is 2.45. The molecule has 1 N–H and O–H groups in total. The van der Waals surface area contributed by atoms with Crippen LogP contribution in [0.4, 0.5) is 0 Å². The van der Waals surface area contributed by atoms with E-state index in [-0.39, 0.29) is 11.9 Å². The van der Waals surface area contributed by atoms with Gasteiger partial charge in [-0.15, -0.1) is 0 Å². The first kappa shape index (κ1) is 20.0. The van der Waals surface area contributed by atoms with E-state index in [1.807, 2.05) is 39.2 Å². The van der Waals surface area contributed by atoms with Crippen molar-refractivity contribution < 1.29 is 9.53 Å². The van der Waals surface area contributed by atoms with Gasteiger partial charge in [-0.1, -0.05) is 19.9 Å². The van der Waals surface area contributed by atoms with Gasteiger partial charge in [0, 0.05) is 12.6 Å². The Balaban J connectivity index is 2.66. The van der Waals surface area contributed by atoms with E-state index in [9.17, 15) is 4.79 Å². The van der Waals surface area contributed by atoms with Gasteiger partial charge in [-0.05, 0) is 73.9 Å². The van der Waals surface area contributed by atoms with Crippen LogP contribution in [-0.2, 0) is 4.79 Å². The van der Waals surface area contributed by atoms with Gasteiger partial charge in [0.05, 0.1) is 4.47 Å². The molecule has 1 amide bonds. The van der Waals surface area contributed by atoms with Gasteiger partial charge in [0.1, 0.15) is 5.75 Å². The number of carbonyl (C=O) groups excluding carboxylic acids is 1. The lowest BCUT2D eigenvalue weighted by Crippen LogP contribution is -2.47. The van der Waals surface area contributed by atoms with E-state index in [0.29, 0.717) is 11.7 Å². The Morgan fingerprint density at radius 3 is 2.48 bits per heavy atom. The number of likely N-dealkylation sites (N-methyl/N-ethyl adjacent to an activating group) is 1. The Morgan fingerprint density at radius 2 is 1.96 bits per heavy atom. The molecule has 130 valence electrons. The molecule has 0 aromatic heterocycles. The minimum atomic E-state index is -0.536. The monoisotopic (exact) mass is 384 g/mol. The highest BCUT2D eigenvalue weighted by molar-refractivity contribution is 9.10. The Kier molecular flexibility index (Phi) is 8.06. The first-order valence-corrected chi connectivity index (χ1v) is 8.86. The predicted molar refractivity (Wildman–Crippen MR) is 98.9 cm³/mol. The molecule has 0 heterocycles. The zero-order valence-electron chi connectivity index (χ0n) is 15.0. The highest BCUT2D eigenvalue weighted by Gasteiger charge is 2.21. The van der Waals surface area contributed by atoms with Crippen LogP contribution in [-0.4, -0.2) is 43.6 Å². The topological polar surface area (TPSA) is 41.6 Å². The molecule has 2 atom stereocenters. The molecule has 23 heavy (non-hydrogen) atoms. The average molecular weight is 385 g/mol. The SMILES string of the molecule is Cc1ccc(OC(C)C(=O)NC(CC(C)C)CN(C)C)c(Br)c1. The second-order valence-electron chi connectivity index (χ2n) is 6.79. The number of benzene rings is 1. The van der Waals surface area contributed by atoms with Gasteiger partial charge >= 0.3 is 0 Å². The van der Waals surface area contributed by atoms with E-state index < -0.39 is 6.10 Å². The summed E-state index contributed by atoms with van der Waals surface area (Å²) in [4.78, 5) is 14.5. The van der Waals surface area contributed by atoms with Crippen LogP contribution in [0, 0.1) is 12.8 Å². The van der Waals surface area contributed by atoms with Crippen molar-refractivity contribution in [3.8, 4) is 5.75 Å². The van der Waals surface area contributed by atoms with Gasteiger partial charge in [-0.2, -0.15) is 0 Å². The minimum absolute atomic E-state index is 0.0787. The number of ether oxygens (including phenoxy) is 1. The second-order valence-corrected chi connectivity index (χ2v) is 7.65. The van der Waals surface area contributed by atoms with Crippen molar-refractivity contribution in [3.05, 3.63) is 28.2 Å². The van der Waals surface area contributed by atoms with Crippen molar-refractivity contribution in [1.29, 1.82) is 0 Å². The summed E-state index contributed by atoms with van der Waals surface area (Å²) in [6, 6.07) is 5.96. The van der Waals surface area contributed by atoms with Crippen LogP contribution < -0.4 is 10.1 Å². The summed E-state index contributed by atoms with van der Waals surface area (Å²) in [5.74, 6) is 1.14. The molecule has 0 aliphatic carbocycles. The number of amides is 1. The number of carbonyl (C=O) groups is 1. The number of halogens is 1. The lowest BCUT2D eigenvalue weighted by molar-refractivity contribution is -0.128. The first-order valence-electron chi connectivity index (χ1n) is 8.07. The molecule has 0 aliphatic heterocycles. The number of rotatable bonds is 8. The van der Waals surface area contributed by atoms with E-state index >= 15 is 0 Å². The standard InChI is InChI=1S/C18H29BrN2O2/c1-12(2)9-15(11-21(5)6)20-18(22)14(4)23-17-8-7-13(3)10-16(17)19/h7-8,10,12,14-15H,9,11H2,1-6H3,(H,20,22). The Morgan fingerprint density at radius 1 is 1.30 bits per heavy atom. The molecule has 0 bridgehead atoms. The smallest absolute Gasteiger partial charge is 0.261 e. The fraction of sp³-hybridized carbons (Fsp3) is 0.611. The van der Waals surface area contributed by atoms with Crippen LogP contribution in [0.5, 0.6) is 5.75 Å². The maximum atomic E-state index is 12.4. The summed E-state index contributed by atoms with van der Waals surface area (Å²) in [6.45, 7) is 8.95. The maximum Gasteiger partial charge on any atom is 0.261 e. The molecule has 0 radical (unpaired) electrons. The van der Waals surface area contributed by atoms with E-state index in [1.54, 1.807) is 6.92 Å². The molecule has 0 saturated carbocycles. The van der Waals surface area contributed by atoms with Crippen LogP contribution in [0.15, 0.2) is 22.7 Å². The molecule has 0 aliphatic rings. The third kappa shape index (κ3) is 7.36. The molecule has 1 aromatic rings. The fourth-order valence-corrected chi connectivity index (χ4v) is 3.04. The van der Waals surface area contributed by atoms with Gasteiger partial charge in [0.2, 0.25) is 0 Å². The lowest BCUT2D eigenvalue weighted by atomic mass is 10.0. The Labute approximate surface area is 148 Å². The zero-order valence-corrected chi connectivity index (χ0v) is 16.6. The molecule has 1 aromatic carbocycles. The molecule has 4 nitrogen and oxygen atoms in total. The second kappa shape index (κ2) is 9.28. The third-order valence-electron chi connectivity index (χ3n) is 3.45. The predicted octanol–water partition coefficient (Wildman–Crippen LogP) is 3.62. The normalized spacial score (nSPS) is 14.0. The number of nitrogens with zero attached hydrogens (tertiary/aromatic N) is 1. The number of aryl methyl sites for hydroxylation is 1. The number of nitrogens with one attached hydrogen (secondary N) is 1. The van der Waals surface area contributed by atoms with Crippen molar-refractivity contribution in [2.75, 3.05) is 20.6 Å². The highest BCUT2D eigenvalue weighted by atomic mass is 79.9. The van der Waals surface area contributed by atoms with Crippen LogP contribution in [0.1, 0.15) is 32.8 Å². The van der Waals surface area contributed by atoms with Crippen LogP contribution in [0.3, 0.4) is 0 Å². The molecule has 0 spiro atoms. The highest BCUT2D eigenvalue weighted by Crippen LogP contribution is 2.26. The van der Waals surface area contributed by atoms with Crippen molar-refractivity contribution in [3.63, 3.8) is 0 Å². The number of hydrogen-bond donors (Lipinski definition) is 1. The lowest BCUT2D eigenvalue weighted by Gasteiger charge is -2.25. The Hall–Kier alpha value is -1.07. The summed E-state index contributed by atoms with van der Waals surface area (Å²) < 4.78 is 6.67. The molecule has 5 heteroatoms. The van der Waals surface area contributed by atoms with Crippen molar-refractivity contribution in [2.24, 2.45) is 5.92 Å². The molecular weight excluding hydrogens is 356 g/mol. The minimum Gasteiger partial charge on any atom is -0.480 e. The van der Waals surface area contributed by atoms with E-state index in [0.717, 1.165) is 23.0 Å². The maximum absolute atomic E-state index is 12.4. The van der Waals surface area contributed by atoms with E-state index in [4.69, 9.17) is 4.74 Å². The molecule has 0 saturated heterocycles. The summed E-state index contributed by atoms with van der Waals surface area (Å²) in [5, 5.41) is 3.11. The van der Waals surface area contributed by atoms with Crippen LogP contribution in [0.25, 0.3) is 0 Å². The zero-order chi connectivity index (χ0) is 17.6. The first-order chi connectivity index (χ1) is 10.7. The quantitative estimate of drug-likeness (QED) is 0.743. The Bertz CT molecular complexity index is 508. The van der Waals surface area contributed by atoms with E-state index in [1.165, 1.54) is 0 Å². The number of hydrogen-bond acceptors (Lipinski definition) is 3. The molecule has 2 unspecified atom stereocenters. The van der Waals surface area contributed by atoms with Crippen LogP contribution in [0.2, 0.25) is 0 Å². The van der Waals surface area contributed by atoms with Gasteiger partial charge in [-0.25, -0.2) is 0 Å². The van der Waals surface area contributed by atoms with Gasteiger partial charge in [-0.3, -0.25) is 4.79 Å². The average Bonchev–Trinajstić information content (AvgIpc) is 2.40. The van der Waals surface area contributed by atoms with Crippen LogP contribution >= 0.6 is 15.9 Å².